The second-order valence-electron chi connectivity index (χ2n) is 2.57. The fourth-order valence-electron chi connectivity index (χ4n) is 0.771. The fourth-order valence-corrected chi connectivity index (χ4v) is 1.10. The first-order valence-electron chi connectivity index (χ1n) is 3.85. The number of carbonyl (C=O) groups is 1. The molecule has 1 N–H and O–H groups in total. The van der Waals surface area contributed by atoms with Gasteiger partial charge >= 0.3 is 5.97 Å². The van der Waals surface area contributed by atoms with Crippen LogP contribution in [0.5, 0.6) is 5.75 Å². The highest BCUT2D eigenvalue weighted by molar-refractivity contribution is 9.10. The van der Waals surface area contributed by atoms with Crippen LogP contribution in [-0.4, -0.2) is 23.1 Å². The molecule has 0 heterocycles. The average Bonchev–Trinajstić information content (AvgIpc) is 2.16. The molecular formula is C9H8BrClO3. The Bertz CT molecular complexity index is 312. The number of alkyl halides is 1. The molecule has 14 heavy (non-hydrogen) atoms. The number of benzene rings is 1. The molecule has 0 saturated carbocycles. The maximum absolute atomic E-state index is 10.4. The first-order chi connectivity index (χ1) is 6.59. The van der Waals surface area contributed by atoms with Gasteiger partial charge in [0.25, 0.3) is 0 Å². The lowest BCUT2D eigenvalue weighted by Crippen LogP contribution is -2.21. The number of carboxylic acids is 1. The van der Waals surface area contributed by atoms with Crippen LogP contribution in [0.3, 0.4) is 0 Å². The summed E-state index contributed by atoms with van der Waals surface area (Å²) in [6.45, 7) is -0.0431. The van der Waals surface area contributed by atoms with Crippen LogP contribution in [-0.2, 0) is 4.79 Å². The van der Waals surface area contributed by atoms with E-state index < -0.39 is 11.3 Å². The molecule has 1 rings (SSSR count). The molecule has 0 fully saturated rings. The average molecular weight is 280 g/mol. The Morgan fingerprint density at radius 2 is 2.07 bits per heavy atom. The van der Waals surface area contributed by atoms with Crippen LogP contribution in [0.25, 0.3) is 0 Å². The molecule has 1 aromatic rings. The molecular weight excluding hydrogens is 271 g/mol. The third-order valence-corrected chi connectivity index (χ3v) is 2.32. The molecule has 3 nitrogen and oxygen atoms in total. The summed E-state index contributed by atoms with van der Waals surface area (Å²) in [5, 5.41) is 7.47. The van der Waals surface area contributed by atoms with Gasteiger partial charge in [-0.3, -0.25) is 4.79 Å². The molecule has 0 radical (unpaired) electrons. The summed E-state index contributed by atoms with van der Waals surface area (Å²) >= 11 is 8.74. The Morgan fingerprint density at radius 3 is 2.57 bits per heavy atom. The van der Waals surface area contributed by atoms with Crippen molar-refractivity contribution in [3.05, 3.63) is 28.7 Å². The molecule has 0 aliphatic rings. The van der Waals surface area contributed by atoms with Gasteiger partial charge in [0.15, 0.2) is 5.38 Å². The molecule has 0 saturated heterocycles. The van der Waals surface area contributed by atoms with Crippen molar-refractivity contribution in [2.24, 2.45) is 0 Å². The highest BCUT2D eigenvalue weighted by atomic mass is 79.9. The van der Waals surface area contributed by atoms with Crippen molar-refractivity contribution in [3.8, 4) is 5.75 Å². The van der Waals surface area contributed by atoms with E-state index in [1.807, 2.05) is 0 Å². The number of carboxylic acid groups (broad SMARTS) is 1. The summed E-state index contributed by atoms with van der Waals surface area (Å²) in [6, 6.07) is 7.07. The molecule has 0 bridgehead atoms. The van der Waals surface area contributed by atoms with Crippen LogP contribution < -0.4 is 4.74 Å². The second kappa shape index (κ2) is 5.22. The molecule has 1 atom stereocenters. The van der Waals surface area contributed by atoms with Gasteiger partial charge in [0.05, 0.1) is 0 Å². The molecule has 76 valence electrons. The zero-order chi connectivity index (χ0) is 10.6. The summed E-state index contributed by atoms with van der Waals surface area (Å²) in [5.74, 6) is -0.483. The lowest BCUT2D eigenvalue weighted by molar-refractivity contribution is -0.137. The van der Waals surface area contributed by atoms with E-state index in [0.717, 1.165) is 4.47 Å². The van der Waals surface area contributed by atoms with Gasteiger partial charge in [-0.05, 0) is 24.3 Å². The minimum absolute atomic E-state index is 0.0431. The Labute approximate surface area is 94.8 Å². The van der Waals surface area contributed by atoms with Crippen LogP contribution in [0.1, 0.15) is 0 Å². The van der Waals surface area contributed by atoms with Gasteiger partial charge in [-0.2, -0.15) is 0 Å². The van der Waals surface area contributed by atoms with E-state index in [0.29, 0.717) is 5.75 Å². The molecule has 0 aromatic heterocycles. The summed E-state index contributed by atoms with van der Waals surface area (Å²) < 4.78 is 6.09. The van der Waals surface area contributed by atoms with Crippen molar-refractivity contribution in [2.45, 2.75) is 5.38 Å². The lowest BCUT2D eigenvalue weighted by Gasteiger charge is -2.07. The zero-order valence-corrected chi connectivity index (χ0v) is 9.46. The van der Waals surface area contributed by atoms with Crippen molar-refractivity contribution >= 4 is 33.5 Å². The van der Waals surface area contributed by atoms with E-state index >= 15 is 0 Å². The predicted octanol–water partition coefficient (Wildman–Crippen LogP) is 2.52. The SMILES string of the molecule is O=C(O)C(Cl)COc1ccc(Br)cc1. The van der Waals surface area contributed by atoms with E-state index in [4.69, 9.17) is 21.4 Å². The van der Waals surface area contributed by atoms with Gasteiger partial charge in [0.2, 0.25) is 0 Å². The van der Waals surface area contributed by atoms with Crippen molar-refractivity contribution < 1.29 is 14.6 Å². The van der Waals surface area contributed by atoms with E-state index in [9.17, 15) is 4.79 Å². The van der Waals surface area contributed by atoms with E-state index in [1.165, 1.54) is 0 Å². The standard InChI is InChI=1S/C9H8BrClO3/c10-6-1-3-7(4-2-6)14-5-8(11)9(12)13/h1-4,8H,5H2,(H,12,13). The molecule has 0 aliphatic heterocycles. The number of ether oxygens (including phenoxy) is 1. The maximum atomic E-state index is 10.4. The Morgan fingerprint density at radius 1 is 1.50 bits per heavy atom. The Balaban J connectivity index is 2.46. The highest BCUT2D eigenvalue weighted by Crippen LogP contribution is 2.16. The van der Waals surface area contributed by atoms with Crippen LogP contribution >= 0.6 is 27.5 Å². The van der Waals surface area contributed by atoms with Crippen LogP contribution in [0, 0.1) is 0 Å². The summed E-state index contributed by atoms with van der Waals surface area (Å²) in [7, 11) is 0. The van der Waals surface area contributed by atoms with Gasteiger partial charge in [-0.25, -0.2) is 0 Å². The Kier molecular flexibility index (Phi) is 4.22. The first kappa shape index (κ1) is 11.3. The maximum Gasteiger partial charge on any atom is 0.325 e. The quantitative estimate of drug-likeness (QED) is 0.862. The first-order valence-corrected chi connectivity index (χ1v) is 5.08. The second-order valence-corrected chi connectivity index (χ2v) is 4.01. The predicted molar refractivity (Wildman–Crippen MR) is 56.9 cm³/mol. The van der Waals surface area contributed by atoms with Gasteiger partial charge in [-0.1, -0.05) is 15.9 Å². The zero-order valence-electron chi connectivity index (χ0n) is 7.11. The number of hydrogen-bond donors (Lipinski definition) is 1. The molecule has 5 heteroatoms. The molecule has 0 amide bonds. The van der Waals surface area contributed by atoms with Crippen molar-refractivity contribution in [1.82, 2.24) is 0 Å². The smallest absolute Gasteiger partial charge is 0.325 e. The molecule has 1 aromatic carbocycles. The van der Waals surface area contributed by atoms with E-state index in [1.54, 1.807) is 24.3 Å². The normalized spacial score (nSPS) is 12.1. The van der Waals surface area contributed by atoms with Crippen LogP contribution in [0.2, 0.25) is 0 Å². The number of rotatable bonds is 4. The van der Waals surface area contributed by atoms with Gasteiger partial charge in [-0.15, -0.1) is 11.6 Å². The van der Waals surface area contributed by atoms with Gasteiger partial charge in [0, 0.05) is 4.47 Å². The van der Waals surface area contributed by atoms with Crippen LogP contribution in [0.15, 0.2) is 28.7 Å². The topological polar surface area (TPSA) is 46.5 Å². The Hall–Kier alpha value is -0.740. The lowest BCUT2D eigenvalue weighted by atomic mass is 10.3. The molecule has 0 spiro atoms. The summed E-state index contributed by atoms with van der Waals surface area (Å²) in [6.07, 6.45) is 0. The number of halogens is 2. The fraction of sp³-hybridized carbons (Fsp3) is 0.222. The third-order valence-electron chi connectivity index (χ3n) is 1.48. The van der Waals surface area contributed by atoms with Crippen molar-refractivity contribution in [3.63, 3.8) is 0 Å². The number of aliphatic carboxylic acids is 1. The molecule has 0 aliphatic carbocycles. The molecule has 1 unspecified atom stereocenters. The van der Waals surface area contributed by atoms with Crippen LogP contribution in [0.4, 0.5) is 0 Å². The van der Waals surface area contributed by atoms with Gasteiger partial charge < -0.3 is 9.84 Å². The minimum atomic E-state index is -1.08. The van der Waals surface area contributed by atoms with Gasteiger partial charge in [0.1, 0.15) is 12.4 Å². The summed E-state index contributed by atoms with van der Waals surface area (Å²) in [5.41, 5.74) is 0. The highest BCUT2D eigenvalue weighted by Gasteiger charge is 2.13. The summed E-state index contributed by atoms with van der Waals surface area (Å²) in [4.78, 5) is 10.4. The third kappa shape index (κ3) is 3.55. The largest absolute Gasteiger partial charge is 0.491 e. The number of hydrogen-bond acceptors (Lipinski definition) is 2. The van der Waals surface area contributed by atoms with Crippen molar-refractivity contribution in [2.75, 3.05) is 6.61 Å². The monoisotopic (exact) mass is 278 g/mol. The van der Waals surface area contributed by atoms with E-state index in [-0.39, 0.29) is 6.61 Å². The van der Waals surface area contributed by atoms with E-state index in [2.05, 4.69) is 15.9 Å². The minimum Gasteiger partial charge on any atom is -0.491 e. The van der Waals surface area contributed by atoms with Crippen molar-refractivity contribution in [1.29, 1.82) is 0 Å².